The summed E-state index contributed by atoms with van der Waals surface area (Å²) in [5.74, 6) is 0.789. The van der Waals surface area contributed by atoms with Gasteiger partial charge in [0.25, 0.3) is 0 Å². The van der Waals surface area contributed by atoms with Gasteiger partial charge in [0.05, 0.1) is 16.4 Å². The lowest BCUT2D eigenvalue weighted by atomic mass is 9.98. The maximum absolute atomic E-state index is 6.36. The molecule has 1 aromatic rings. The molecule has 2 heterocycles. The normalized spacial score (nSPS) is 24.2. The zero-order chi connectivity index (χ0) is 14.1. The molecule has 0 bridgehead atoms. The van der Waals surface area contributed by atoms with Crippen molar-refractivity contribution in [1.29, 1.82) is 0 Å². The number of aromatic nitrogens is 2. The SMILES string of the molecule is Cc1nn(C)c(CN2CCCC(CNC3CC3)C2)c1Cl. The molecule has 2 fully saturated rings. The van der Waals surface area contributed by atoms with Crippen molar-refractivity contribution in [3.8, 4) is 0 Å². The summed E-state index contributed by atoms with van der Waals surface area (Å²) in [4.78, 5) is 2.53. The van der Waals surface area contributed by atoms with Crippen LogP contribution < -0.4 is 5.32 Å². The molecule has 0 spiro atoms. The van der Waals surface area contributed by atoms with Crippen LogP contribution in [0, 0.1) is 12.8 Å². The maximum atomic E-state index is 6.36. The Bertz CT molecular complexity index is 467. The number of hydrogen-bond acceptors (Lipinski definition) is 3. The molecule has 1 aliphatic carbocycles. The van der Waals surface area contributed by atoms with Crippen LogP contribution in [0.2, 0.25) is 5.02 Å². The van der Waals surface area contributed by atoms with Crippen molar-refractivity contribution in [3.05, 3.63) is 16.4 Å². The molecule has 1 saturated carbocycles. The molecular weight excluding hydrogens is 272 g/mol. The van der Waals surface area contributed by atoms with Gasteiger partial charge >= 0.3 is 0 Å². The summed E-state index contributed by atoms with van der Waals surface area (Å²) in [7, 11) is 1.99. The van der Waals surface area contributed by atoms with Crippen molar-refractivity contribution in [2.24, 2.45) is 13.0 Å². The van der Waals surface area contributed by atoms with E-state index < -0.39 is 0 Å². The number of aryl methyl sites for hydroxylation is 2. The van der Waals surface area contributed by atoms with Crippen LogP contribution in [0.25, 0.3) is 0 Å². The van der Waals surface area contributed by atoms with E-state index in [0.29, 0.717) is 0 Å². The third-order valence-corrected chi connectivity index (χ3v) is 5.00. The Morgan fingerprint density at radius 2 is 2.15 bits per heavy atom. The molecule has 5 heteroatoms. The second-order valence-electron chi connectivity index (χ2n) is 6.40. The van der Waals surface area contributed by atoms with Crippen molar-refractivity contribution in [1.82, 2.24) is 20.0 Å². The highest BCUT2D eigenvalue weighted by Gasteiger charge is 2.25. The number of halogens is 1. The molecule has 4 nitrogen and oxygen atoms in total. The van der Waals surface area contributed by atoms with Gasteiger partial charge in [0.15, 0.2) is 0 Å². The molecule has 3 rings (SSSR count). The number of nitrogens with zero attached hydrogens (tertiary/aromatic N) is 3. The van der Waals surface area contributed by atoms with Crippen LogP contribution in [0.4, 0.5) is 0 Å². The number of rotatable bonds is 5. The quantitative estimate of drug-likeness (QED) is 0.905. The Morgan fingerprint density at radius 1 is 1.35 bits per heavy atom. The minimum atomic E-state index is 0.789. The third kappa shape index (κ3) is 3.35. The van der Waals surface area contributed by atoms with Crippen LogP contribution in [0.15, 0.2) is 0 Å². The van der Waals surface area contributed by atoms with Gasteiger partial charge in [-0.15, -0.1) is 0 Å². The molecule has 1 unspecified atom stereocenters. The minimum Gasteiger partial charge on any atom is -0.314 e. The average Bonchev–Trinajstić information content (AvgIpc) is 3.22. The van der Waals surface area contributed by atoms with Crippen molar-refractivity contribution in [2.45, 2.75) is 45.2 Å². The Labute approximate surface area is 126 Å². The van der Waals surface area contributed by atoms with Crippen LogP contribution in [-0.2, 0) is 13.6 Å². The van der Waals surface area contributed by atoms with E-state index in [-0.39, 0.29) is 0 Å². The van der Waals surface area contributed by atoms with E-state index in [9.17, 15) is 0 Å². The van der Waals surface area contributed by atoms with E-state index >= 15 is 0 Å². The molecule has 0 aromatic carbocycles. The molecule has 20 heavy (non-hydrogen) atoms. The lowest BCUT2D eigenvalue weighted by Crippen LogP contribution is -2.40. The first kappa shape index (κ1) is 14.4. The summed E-state index contributed by atoms with van der Waals surface area (Å²) in [6, 6.07) is 0.819. The van der Waals surface area contributed by atoms with Crippen LogP contribution in [-0.4, -0.2) is 40.4 Å². The molecule has 1 saturated heterocycles. The number of likely N-dealkylation sites (tertiary alicyclic amines) is 1. The van der Waals surface area contributed by atoms with E-state index in [0.717, 1.165) is 34.9 Å². The summed E-state index contributed by atoms with van der Waals surface area (Å²) >= 11 is 6.36. The smallest absolute Gasteiger partial charge is 0.0860 e. The molecule has 1 aliphatic heterocycles. The monoisotopic (exact) mass is 296 g/mol. The predicted molar refractivity (Wildman–Crippen MR) is 82.0 cm³/mol. The van der Waals surface area contributed by atoms with Crippen molar-refractivity contribution < 1.29 is 0 Å². The van der Waals surface area contributed by atoms with Crippen molar-refractivity contribution >= 4 is 11.6 Å². The topological polar surface area (TPSA) is 33.1 Å². The summed E-state index contributed by atoms with van der Waals surface area (Å²) < 4.78 is 1.93. The summed E-state index contributed by atoms with van der Waals surface area (Å²) in [6.07, 6.45) is 5.40. The molecule has 0 radical (unpaired) electrons. The van der Waals surface area contributed by atoms with Gasteiger partial charge in [0, 0.05) is 26.2 Å². The highest BCUT2D eigenvalue weighted by atomic mass is 35.5. The predicted octanol–water partition coefficient (Wildman–Crippen LogP) is 2.35. The first-order chi connectivity index (χ1) is 9.63. The standard InChI is InChI=1S/C15H25ClN4/c1-11-15(16)14(19(2)18-11)10-20-7-3-4-12(9-20)8-17-13-5-6-13/h12-13,17H,3-10H2,1-2H3. The van der Waals surface area contributed by atoms with Crippen LogP contribution in [0.3, 0.4) is 0 Å². The van der Waals surface area contributed by atoms with Gasteiger partial charge in [0.2, 0.25) is 0 Å². The number of nitrogens with one attached hydrogen (secondary N) is 1. The van der Waals surface area contributed by atoms with Gasteiger partial charge < -0.3 is 5.32 Å². The fraction of sp³-hybridized carbons (Fsp3) is 0.800. The number of hydrogen-bond donors (Lipinski definition) is 1. The maximum Gasteiger partial charge on any atom is 0.0860 e. The molecule has 2 aliphatic rings. The van der Waals surface area contributed by atoms with E-state index in [1.54, 1.807) is 0 Å². The summed E-state index contributed by atoms with van der Waals surface area (Å²) in [5, 5.41) is 8.91. The highest BCUT2D eigenvalue weighted by molar-refractivity contribution is 6.31. The molecule has 1 atom stereocenters. The Kier molecular flexibility index (Phi) is 4.34. The Hall–Kier alpha value is -0.580. The molecule has 112 valence electrons. The van der Waals surface area contributed by atoms with Crippen molar-refractivity contribution in [2.75, 3.05) is 19.6 Å². The largest absolute Gasteiger partial charge is 0.314 e. The minimum absolute atomic E-state index is 0.789. The van der Waals surface area contributed by atoms with Gasteiger partial charge in [-0.25, -0.2) is 0 Å². The zero-order valence-electron chi connectivity index (χ0n) is 12.5. The molecule has 1 N–H and O–H groups in total. The van der Waals surface area contributed by atoms with Crippen molar-refractivity contribution in [3.63, 3.8) is 0 Å². The van der Waals surface area contributed by atoms with Gasteiger partial charge in [-0.2, -0.15) is 5.10 Å². The van der Waals surface area contributed by atoms with Crippen LogP contribution in [0.5, 0.6) is 0 Å². The van der Waals surface area contributed by atoms with E-state index in [4.69, 9.17) is 11.6 Å². The second kappa shape index (κ2) is 6.04. The van der Waals surface area contributed by atoms with Gasteiger partial charge in [0.1, 0.15) is 0 Å². The van der Waals surface area contributed by atoms with Crippen LogP contribution >= 0.6 is 11.6 Å². The first-order valence-corrected chi connectivity index (χ1v) is 8.15. The highest BCUT2D eigenvalue weighted by Crippen LogP contribution is 2.25. The molecule has 0 amide bonds. The van der Waals surface area contributed by atoms with Crippen LogP contribution in [0.1, 0.15) is 37.1 Å². The molecule has 1 aromatic heterocycles. The van der Waals surface area contributed by atoms with Gasteiger partial charge in [-0.1, -0.05) is 11.6 Å². The molecular formula is C15H25ClN4. The summed E-state index contributed by atoms with van der Waals surface area (Å²) in [6.45, 7) is 6.45. The van der Waals surface area contributed by atoms with Gasteiger partial charge in [-0.3, -0.25) is 9.58 Å². The second-order valence-corrected chi connectivity index (χ2v) is 6.77. The van der Waals surface area contributed by atoms with E-state index in [1.165, 1.54) is 45.3 Å². The zero-order valence-corrected chi connectivity index (χ0v) is 13.3. The van der Waals surface area contributed by atoms with Gasteiger partial charge in [-0.05, 0) is 51.6 Å². The number of piperidine rings is 1. The lowest BCUT2D eigenvalue weighted by molar-refractivity contribution is 0.162. The fourth-order valence-corrected chi connectivity index (χ4v) is 3.37. The lowest BCUT2D eigenvalue weighted by Gasteiger charge is -2.33. The van der Waals surface area contributed by atoms with E-state index in [2.05, 4.69) is 15.3 Å². The first-order valence-electron chi connectivity index (χ1n) is 7.77. The van der Waals surface area contributed by atoms with E-state index in [1.807, 2.05) is 18.7 Å². The Morgan fingerprint density at radius 3 is 2.80 bits per heavy atom. The Balaban J connectivity index is 1.56. The average molecular weight is 297 g/mol. The third-order valence-electron chi connectivity index (χ3n) is 4.51. The fourth-order valence-electron chi connectivity index (χ4n) is 3.15. The summed E-state index contributed by atoms with van der Waals surface area (Å²) in [5.41, 5.74) is 2.09.